The van der Waals surface area contributed by atoms with Crippen LogP contribution in [0.4, 0.5) is 10.5 Å². The molecule has 1 N–H and O–H groups in total. The molecule has 5 nitrogen and oxygen atoms in total. The molecule has 96 valence electrons. The molecule has 2 atom stereocenters. The summed E-state index contributed by atoms with van der Waals surface area (Å²) < 4.78 is 0. The molecule has 2 unspecified atom stereocenters. The highest BCUT2D eigenvalue weighted by Crippen LogP contribution is 2.36. The highest BCUT2D eigenvalue weighted by molar-refractivity contribution is 6.29. The first-order valence-electron chi connectivity index (χ1n) is 6.01. The number of carboxylic acid groups (broad SMARTS) is 1. The molecule has 3 rings (SSSR count). The van der Waals surface area contributed by atoms with Crippen molar-refractivity contribution in [1.82, 2.24) is 9.88 Å². The van der Waals surface area contributed by atoms with Crippen molar-refractivity contribution in [1.29, 1.82) is 0 Å². The third kappa shape index (κ3) is 1.88. The third-order valence-corrected chi connectivity index (χ3v) is 4.09. The van der Waals surface area contributed by atoms with Crippen molar-refractivity contribution >= 4 is 23.4 Å². The zero-order chi connectivity index (χ0) is 12.7. The Labute approximate surface area is 110 Å². The minimum absolute atomic E-state index is 0.290. The van der Waals surface area contributed by atoms with Crippen LogP contribution in [0.25, 0.3) is 0 Å². The Bertz CT molecular complexity index is 465. The SMILES string of the molecule is O=C(O)N1CCC2CN(c3ccc(Cl)nc3)C2C1. The smallest absolute Gasteiger partial charge is 0.407 e. The molecule has 1 aromatic rings. The minimum atomic E-state index is -0.825. The van der Waals surface area contributed by atoms with Crippen LogP contribution < -0.4 is 4.90 Å². The Morgan fingerprint density at radius 1 is 1.44 bits per heavy atom. The highest BCUT2D eigenvalue weighted by atomic mass is 35.5. The molecule has 0 saturated carbocycles. The fourth-order valence-electron chi connectivity index (χ4n) is 2.80. The molecule has 18 heavy (non-hydrogen) atoms. The Morgan fingerprint density at radius 3 is 2.94 bits per heavy atom. The molecular formula is C12H14ClN3O2. The second-order valence-corrected chi connectivity index (χ2v) is 5.22. The van der Waals surface area contributed by atoms with Gasteiger partial charge in [0.05, 0.1) is 17.9 Å². The van der Waals surface area contributed by atoms with Crippen molar-refractivity contribution in [2.45, 2.75) is 12.5 Å². The van der Waals surface area contributed by atoms with Crippen LogP contribution in [-0.4, -0.2) is 46.8 Å². The zero-order valence-corrected chi connectivity index (χ0v) is 10.5. The van der Waals surface area contributed by atoms with E-state index in [0.717, 1.165) is 18.7 Å². The summed E-state index contributed by atoms with van der Waals surface area (Å²) >= 11 is 5.76. The fraction of sp³-hybridized carbons (Fsp3) is 0.500. The molecule has 3 heterocycles. The van der Waals surface area contributed by atoms with E-state index < -0.39 is 6.09 Å². The topological polar surface area (TPSA) is 56.7 Å². The summed E-state index contributed by atoms with van der Waals surface area (Å²) in [5, 5.41) is 9.52. The van der Waals surface area contributed by atoms with Gasteiger partial charge in [-0.1, -0.05) is 11.6 Å². The van der Waals surface area contributed by atoms with Gasteiger partial charge in [-0.15, -0.1) is 0 Å². The van der Waals surface area contributed by atoms with Crippen molar-refractivity contribution in [3.05, 3.63) is 23.5 Å². The van der Waals surface area contributed by atoms with Gasteiger partial charge < -0.3 is 14.9 Å². The van der Waals surface area contributed by atoms with Crippen LogP contribution in [-0.2, 0) is 0 Å². The average molecular weight is 268 g/mol. The molecule has 2 aliphatic heterocycles. The Kier molecular flexibility index (Phi) is 2.78. The molecule has 6 heteroatoms. The number of amides is 1. The number of carbonyl (C=O) groups is 1. The van der Waals surface area contributed by atoms with Crippen LogP contribution in [0.1, 0.15) is 6.42 Å². The number of likely N-dealkylation sites (tertiary alicyclic amines) is 1. The largest absolute Gasteiger partial charge is 0.465 e. The van der Waals surface area contributed by atoms with Gasteiger partial charge >= 0.3 is 6.09 Å². The van der Waals surface area contributed by atoms with Gasteiger partial charge in [-0.05, 0) is 18.6 Å². The summed E-state index contributed by atoms with van der Waals surface area (Å²) in [7, 11) is 0. The summed E-state index contributed by atoms with van der Waals surface area (Å²) in [5.74, 6) is 0.608. The summed E-state index contributed by atoms with van der Waals surface area (Å²) in [5.41, 5.74) is 1.02. The van der Waals surface area contributed by atoms with Crippen LogP contribution in [0.2, 0.25) is 5.15 Å². The first-order valence-corrected chi connectivity index (χ1v) is 6.39. The predicted octanol–water partition coefficient (Wildman–Crippen LogP) is 1.92. The molecule has 1 amide bonds. The van der Waals surface area contributed by atoms with E-state index in [-0.39, 0.29) is 6.04 Å². The van der Waals surface area contributed by atoms with Gasteiger partial charge in [0.25, 0.3) is 0 Å². The normalized spacial score (nSPS) is 26.5. The summed E-state index contributed by atoms with van der Waals surface area (Å²) in [6.45, 7) is 2.23. The maximum atomic E-state index is 11.0. The van der Waals surface area contributed by atoms with E-state index in [0.29, 0.717) is 24.2 Å². The highest BCUT2D eigenvalue weighted by Gasteiger charge is 2.43. The van der Waals surface area contributed by atoms with E-state index in [9.17, 15) is 4.79 Å². The Morgan fingerprint density at radius 2 is 2.28 bits per heavy atom. The molecule has 2 aliphatic rings. The summed E-state index contributed by atoms with van der Waals surface area (Å²) in [6.07, 6.45) is 1.88. The molecular weight excluding hydrogens is 254 g/mol. The lowest BCUT2D eigenvalue weighted by Crippen LogP contribution is -2.65. The van der Waals surface area contributed by atoms with Crippen molar-refractivity contribution in [2.24, 2.45) is 5.92 Å². The first-order chi connectivity index (χ1) is 8.65. The van der Waals surface area contributed by atoms with Gasteiger partial charge in [-0.25, -0.2) is 9.78 Å². The number of anilines is 1. The number of nitrogens with zero attached hydrogens (tertiary/aromatic N) is 3. The molecule has 1 aromatic heterocycles. The second kappa shape index (κ2) is 4.31. The van der Waals surface area contributed by atoms with E-state index in [2.05, 4.69) is 9.88 Å². The van der Waals surface area contributed by atoms with Crippen LogP contribution in [0.3, 0.4) is 0 Å². The first kappa shape index (κ1) is 11.6. The van der Waals surface area contributed by atoms with E-state index in [1.54, 1.807) is 12.3 Å². The van der Waals surface area contributed by atoms with E-state index in [1.165, 1.54) is 4.90 Å². The number of hydrogen-bond acceptors (Lipinski definition) is 3. The zero-order valence-electron chi connectivity index (χ0n) is 9.79. The quantitative estimate of drug-likeness (QED) is 0.790. The monoisotopic (exact) mass is 267 g/mol. The van der Waals surface area contributed by atoms with Crippen LogP contribution >= 0.6 is 11.6 Å². The summed E-state index contributed by atoms with van der Waals surface area (Å²) in [6, 6.07) is 3.99. The molecule has 0 spiro atoms. The molecule has 0 aliphatic carbocycles. The molecule has 2 saturated heterocycles. The lowest BCUT2D eigenvalue weighted by Gasteiger charge is -2.54. The van der Waals surface area contributed by atoms with E-state index >= 15 is 0 Å². The van der Waals surface area contributed by atoms with Gasteiger partial charge in [0.15, 0.2) is 0 Å². The maximum Gasteiger partial charge on any atom is 0.407 e. The van der Waals surface area contributed by atoms with Crippen molar-refractivity contribution < 1.29 is 9.90 Å². The van der Waals surface area contributed by atoms with Crippen LogP contribution in [0.5, 0.6) is 0 Å². The third-order valence-electron chi connectivity index (χ3n) is 3.87. The molecule has 0 aromatic carbocycles. The fourth-order valence-corrected chi connectivity index (χ4v) is 2.92. The number of pyridine rings is 1. The molecule has 0 radical (unpaired) electrons. The van der Waals surface area contributed by atoms with Crippen LogP contribution in [0.15, 0.2) is 18.3 Å². The van der Waals surface area contributed by atoms with E-state index in [4.69, 9.17) is 16.7 Å². The van der Waals surface area contributed by atoms with Crippen molar-refractivity contribution in [3.63, 3.8) is 0 Å². The maximum absolute atomic E-state index is 11.0. The van der Waals surface area contributed by atoms with Gasteiger partial charge in [0, 0.05) is 25.6 Å². The van der Waals surface area contributed by atoms with Crippen molar-refractivity contribution in [3.8, 4) is 0 Å². The van der Waals surface area contributed by atoms with Gasteiger partial charge in [0.2, 0.25) is 0 Å². The lowest BCUT2D eigenvalue weighted by molar-refractivity contribution is 0.0945. The predicted molar refractivity (Wildman–Crippen MR) is 68.1 cm³/mol. The number of piperidine rings is 1. The summed E-state index contributed by atoms with van der Waals surface area (Å²) in [4.78, 5) is 18.8. The number of fused-ring (bicyclic) bond motifs is 1. The Hall–Kier alpha value is -1.49. The number of aromatic nitrogens is 1. The Balaban J connectivity index is 1.73. The van der Waals surface area contributed by atoms with Gasteiger partial charge in [-0.3, -0.25) is 0 Å². The second-order valence-electron chi connectivity index (χ2n) is 4.84. The molecule has 2 fully saturated rings. The van der Waals surface area contributed by atoms with Gasteiger partial charge in [-0.2, -0.15) is 0 Å². The average Bonchev–Trinajstić information content (AvgIpc) is 2.33. The van der Waals surface area contributed by atoms with E-state index in [1.807, 2.05) is 6.07 Å². The number of hydrogen-bond donors (Lipinski definition) is 1. The minimum Gasteiger partial charge on any atom is -0.465 e. The standard InChI is InChI=1S/C12H14ClN3O2/c13-11-2-1-9(5-14-11)16-6-8-3-4-15(12(17)18)7-10(8)16/h1-2,5,8,10H,3-4,6-7H2,(H,17,18). The number of rotatable bonds is 1. The van der Waals surface area contributed by atoms with Crippen LogP contribution in [0, 0.1) is 5.92 Å². The molecule has 0 bridgehead atoms. The van der Waals surface area contributed by atoms with Crippen molar-refractivity contribution in [2.75, 3.05) is 24.5 Å². The van der Waals surface area contributed by atoms with Gasteiger partial charge in [0.1, 0.15) is 5.15 Å². The lowest BCUT2D eigenvalue weighted by atomic mass is 9.82. The number of halogens is 1.